The molecule has 0 saturated heterocycles. The third-order valence-corrected chi connectivity index (χ3v) is 2.79. The maximum atomic E-state index is 4.43. The number of nitrogens with one attached hydrogen (secondary N) is 1. The second kappa shape index (κ2) is 6.26. The van der Waals surface area contributed by atoms with Gasteiger partial charge in [-0.1, -0.05) is 37.3 Å². The summed E-state index contributed by atoms with van der Waals surface area (Å²) in [6, 6.07) is 10.4. The molecule has 3 nitrogen and oxygen atoms in total. The molecule has 1 unspecified atom stereocenters. The molecule has 1 aromatic carbocycles. The lowest BCUT2D eigenvalue weighted by molar-refractivity contribution is 0.571. The van der Waals surface area contributed by atoms with Gasteiger partial charge in [-0.2, -0.15) is 0 Å². The molecule has 0 radical (unpaired) electrons. The van der Waals surface area contributed by atoms with Crippen LogP contribution in [0.2, 0.25) is 0 Å². The molecular formula is C15H19N3. The van der Waals surface area contributed by atoms with Gasteiger partial charge in [0.2, 0.25) is 0 Å². The minimum Gasteiger partial charge on any atom is -0.304 e. The van der Waals surface area contributed by atoms with E-state index in [1.807, 2.05) is 37.5 Å². The van der Waals surface area contributed by atoms with Gasteiger partial charge in [0.1, 0.15) is 5.82 Å². The van der Waals surface area contributed by atoms with E-state index in [0.717, 1.165) is 24.4 Å². The number of aryl methyl sites for hydroxylation is 1. The molecule has 0 bridgehead atoms. The zero-order valence-corrected chi connectivity index (χ0v) is 10.9. The Labute approximate surface area is 108 Å². The van der Waals surface area contributed by atoms with Crippen molar-refractivity contribution < 1.29 is 0 Å². The van der Waals surface area contributed by atoms with Crippen molar-refractivity contribution in [2.24, 2.45) is 0 Å². The summed E-state index contributed by atoms with van der Waals surface area (Å²) in [6.45, 7) is 5.11. The number of hydrogen-bond acceptors (Lipinski definition) is 3. The molecular weight excluding hydrogens is 222 g/mol. The van der Waals surface area contributed by atoms with Crippen LogP contribution in [0.4, 0.5) is 0 Å². The van der Waals surface area contributed by atoms with Crippen molar-refractivity contribution in [3.05, 3.63) is 59.7 Å². The second-order valence-electron chi connectivity index (χ2n) is 4.42. The average molecular weight is 241 g/mol. The first kappa shape index (κ1) is 12.7. The van der Waals surface area contributed by atoms with E-state index in [2.05, 4.69) is 34.3 Å². The van der Waals surface area contributed by atoms with Gasteiger partial charge < -0.3 is 5.32 Å². The van der Waals surface area contributed by atoms with E-state index in [1.165, 1.54) is 5.56 Å². The molecule has 0 aliphatic carbocycles. The largest absolute Gasteiger partial charge is 0.304 e. The summed E-state index contributed by atoms with van der Waals surface area (Å²) >= 11 is 0. The molecule has 1 N–H and O–H groups in total. The van der Waals surface area contributed by atoms with E-state index in [9.17, 15) is 0 Å². The maximum absolute atomic E-state index is 4.43. The lowest BCUT2D eigenvalue weighted by Crippen LogP contribution is -2.25. The van der Waals surface area contributed by atoms with Crippen molar-refractivity contribution in [2.45, 2.75) is 26.3 Å². The third kappa shape index (κ3) is 3.14. The van der Waals surface area contributed by atoms with E-state index in [1.54, 1.807) is 0 Å². The van der Waals surface area contributed by atoms with Crippen LogP contribution in [0.3, 0.4) is 0 Å². The van der Waals surface area contributed by atoms with Gasteiger partial charge in [0.05, 0.1) is 6.04 Å². The lowest BCUT2D eigenvalue weighted by atomic mass is 10.1. The number of rotatable bonds is 5. The van der Waals surface area contributed by atoms with Crippen molar-refractivity contribution in [1.82, 2.24) is 15.3 Å². The fraction of sp³-hybridized carbons (Fsp3) is 0.333. The van der Waals surface area contributed by atoms with Gasteiger partial charge in [0, 0.05) is 12.4 Å². The van der Waals surface area contributed by atoms with E-state index in [4.69, 9.17) is 0 Å². The van der Waals surface area contributed by atoms with Gasteiger partial charge >= 0.3 is 0 Å². The van der Waals surface area contributed by atoms with Crippen LogP contribution in [0.1, 0.15) is 36.3 Å². The van der Waals surface area contributed by atoms with Gasteiger partial charge in [0.15, 0.2) is 0 Å². The Hall–Kier alpha value is -1.74. The minimum atomic E-state index is 0.0757. The highest BCUT2D eigenvalue weighted by Gasteiger charge is 2.15. The van der Waals surface area contributed by atoms with E-state index in [0.29, 0.717) is 0 Å². The second-order valence-corrected chi connectivity index (χ2v) is 4.42. The highest BCUT2D eigenvalue weighted by atomic mass is 15.0. The van der Waals surface area contributed by atoms with Crippen LogP contribution in [0.15, 0.2) is 42.7 Å². The Bertz CT molecular complexity index is 465. The van der Waals surface area contributed by atoms with Crippen LogP contribution in [0.25, 0.3) is 0 Å². The Morgan fingerprint density at radius 1 is 1.11 bits per heavy atom. The number of hydrogen-bond donors (Lipinski definition) is 1. The SMILES string of the molecule is CCCNC(c1ccccc1)c1ncc(C)cn1. The quantitative estimate of drug-likeness (QED) is 0.874. The maximum Gasteiger partial charge on any atom is 0.149 e. The molecule has 2 rings (SSSR count). The summed E-state index contributed by atoms with van der Waals surface area (Å²) in [5, 5.41) is 3.50. The molecule has 1 heterocycles. The molecule has 94 valence electrons. The van der Waals surface area contributed by atoms with Gasteiger partial charge in [-0.25, -0.2) is 9.97 Å². The number of nitrogens with zero attached hydrogens (tertiary/aromatic N) is 2. The normalized spacial score (nSPS) is 12.3. The van der Waals surface area contributed by atoms with Crippen LogP contribution in [-0.2, 0) is 0 Å². The molecule has 0 aliphatic heterocycles. The predicted molar refractivity (Wildman–Crippen MR) is 73.3 cm³/mol. The Morgan fingerprint density at radius 3 is 2.39 bits per heavy atom. The fourth-order valence-corrected chi connectivity index (χ4v) is 1.84. The molecule has 0 spiro atoms. The molecule has 0 amide bonds. The molecule has 0 saturated carbocycles. The van der Waals surface area contributed by atoms with Gasteiger partial charge in [-0.3, -0.25) is 0 Å². The van der Waals surface area contributed by atoms with Crippen LogP contribution in [0, 0.1) is 6.92 Å². The summed E-state index contributed by atoms with van der Waals surface area (Å²) < 4.78 is 0. The Morgan fingerprint density at radius 2 is 1.78 bits per heavy atom. The monoisotopic (exact) mass is 241 g/mol. The van der Waals surface area contributed by atoms with Crippen LogP contribution in [0.5, 0.6) is 0 Å². The smallest absolute Gasteiger partial charge is 0.149 e. The summed E-state index contributed by atoms with van der Waals surface area (Å²) in [5.41, 5.74) is 2.29. The first-order valence-corrected chi connectivity index (χ1v) is 6.38. The molecule has 0 aliphatic rings. The van der Waals surface area contributed by atoms with Crippen molar-refractivity contribution in [3.63, 3.8) is 0 Å². The third-order valence-electron chi connectivity index (χ3n) is 2.79. The topological polar surface area (TPSA) is 37.8 Å². The van der Waals surface area contributed by atoms with E-state index >= 15 is 0 Å². The summed E-state index contributed by atoms with van der Waals surface area (Å²) in [4.78, 5) is 8.87. The highest BCUT2D eigenvalue weighted by molar-refractivity contribution is 5.24. The van der Waals surface area contributed by atoms with Crippen LogP contribution in [-0.4, -0.2) is 16.5 Å². The molecule has 3 heteroatoms. The van der Waals surface area contributed by atoms with Gasteiger partial charge in [-0.15, -0.1) is 0 Å². The highest BCUT2D eigenvalue weighted by Crippen LogP contribution is 2.18. The molecule has 1 aromatic heterocycles. The predicted octanol–water partition coefficient (Wildman–Crippen LogP) is 2.87. The van der Waals surface area contributed by atoms with Crippen molar-refractivity contribution in [3.8, 4) is 0 Å². The zero-order valence-electron chi connectivity index (χ0n) is 10.9. The number of benzene rings is 1. The Balaban J connectivity index is 2.27. The van der Waals surface area contributed by atoms with E-state index < -0.39 is 0 Å². The summed E-state index contributed by atoms with van der Waals surface area (Å²) in [7, 11) is 0. The standard InChI is InChI=1S/C15H19N3/c1-3-9-16-14(13-7-5-4-6-8-13)15-17-10-12(2)11-18-15/h4-8,10-11,14,16H,3,9H2,1-2H3. The van der Waals surface area contributed by atoms with Gasteiger partial charge in [0.25, 0.3) is 0 Å². The molecule has 1 atom stereocenters. The van der Waals surface area contributed by atoms with Crippen molar-refractivity contribution in [1.29, 1.82) is 0 Å². The lowest BCUT2D eigenvalue weighted by Gasteiger charge is -2.17. The number of aromatic nitrogens is 2. The molecule has 0 fully saturated rings. The first-order valence-electron chi connectivity index (χ1n) is 6.38. The Kier molecular flexibility index (Phi) is 4.42. The van der Waals surface area contributed by atoms with E-state index in [-0.39, 0.29) is 6.04 Å². The fourth-order valence-electron chi connectivity index (χ4n) is 1.84. The van der Waals surface area contributed by atoms with Gasteiger partial charge in [-0.05, 0) is 31.0 Å². The van der Waals surface area contributed by atoms with Crippen LogP contribution >= 0.6 is 0 Å². The van der Waals surface area contributed by atoms with Crippen molar-refractivity contribution in [2.75, 3.05) is 6.54 Å². The van der Waals surface area contributed by atoms with Crippen molar-refractivity contribution >= 4 is 0 Å². The minimum absolute atomic E-state index is 0.0757. The summed E-state index contributed by atoms with van der Waals surface area (Å²) in [5.74, 6) is 0.834. The first-order chi connectivity index (χ1) is 8.81. The zero-order chi connectivity index (χ0) is 12.8. The summed E-state index contributed by atoms with van der Waals surface area (Å²) in [6.07, 6.45) is 4.83. The molecule has 18 heavy (non-hydrogen) atoms. The van der Waals surface area contributed by atoms with Crippen LogP contribution < -0.4 is 5.32 Å². The molecule has 2 aromatic rings. The average Bonchev–Trinajstić information content (AvgIpc) is 2.42.